The maximum Gasteiger partial charge on any atom is 0.243 e. The SMILES string of the molecule is CSCC[C@H](NC(=O)[C@H](CC(C)C)NC(=O)CNC(=O)[C@H](Cc1ccccc1)NC(=O)[C@H](Cc1ccccc1)NC(=O)[C@@H](CCC(N)=O)NC(=O)[C@H]1CCC(=O)N1)C(N)=O. The van der Waals surface area contributed by atoms with E-state index in [4.69, 9.17) is 11.5 Å². The molecule has 326 valence electrons. The number of amides is 9. The molecule has 1 saturated heterocycles. The normalized spacial score (nSPS) is 15.9. The Hall–Kier alpha value is -5.98. The van der Waals surface area contributed by atoms with Crippen LogP contribution in [0.5, 0.6) is 0 Å². The minimum Gasteiger partial charge on any atom is -0.370 e. The molecule has 1 aliphatic heterocycles. The second kappa shape index (κ2) is 24.8. The number of benzene rings is 2. The predicted molar refractivity (Wildman–Crippen MR) is 224 cm³/mol. The molecule has 1 fully saturated rings. The van der Waals surface area contributed by atoms with Crippen LogP contribution < -0.4 is 48.7 Å². The first-order valence-corrected chi connectivity index (χ1v) is 21.2. The third kappa shape index (κ3) is 17.1. The predicted octanol–water partition coefficient (Wildman–Crippen LogP) is -1.16. The van der Waals surface area contributed by atoms with Gasteiger partial charge >= 0.3 is 0 Å². The molecule has 3 rings (SSSR count). The first kappa shape index (κ1) is 48.4. The summed E-state index contributed by atoms with van der Waals surface area (Å²) >= 11 is 1.48. The molecule has 2 aromatic carbocycles. The van der Waals surface area contributed by atoms with E-state index in [1.54, 1.807) is 60.7 Å². The molecular weight excluding hydrogens is 795 g/mol. The van der Waals surface area contributed by atoms with Crippen molar-refractivity contribution in [3.63, 3.8) is 0 Å². The number of hydrogen-bond donors (Lipinski definition) is 9. The van der Waals surface area contributed by atoms with Gasteiger partial charge in [-0.3, -0.25) is 43.2 Å². The zero-order chi connectivity index (χ0) is 44.2. The zero-order valence-corrected chi connectivity index (χ0v) is 34.9. The molecule has 0 aromatic heterocycles. The average Bonchev–Trinajstić information content (AvgIpc) is 3.65. The maximum absolute atomic E-state index is 14.1. The van der Waals surface area contributed by atoms with E-state index in [1.165, 1.54) is 11.8 Å². The summed E-state index contributed by atoms with van der Waals surface area (Å²) in [5.74, 6) is -5.49. The number of rotatable bonds is 25. The quantitative estimate of drug-likeness (QED) is 0.0578. The van der Waals surface area contributed by atoms with Crippen molar-refractivity contribution >= 4 is 64.9 Å². The number of carbonyl (C=O) groups excluding carboxylic acids is 9. The molecule has 1 heterocycles. The molecule has 19 heteroatoms. The molecule has 1 aliphatic rings. The lowest BCUT2D eigenvalue weighted by atomic mass is 10.0. The fourth-order valence-electron chi connectivity index (χ4n) is 6.33. The van der Waals surface area contributed by atoms with Crippen molar-refractivity contribution in [2.24, 2.45) is 17.4 Å². The summed E-state index contributed by atoms with van der Waals surface area (Å²) in [6.07, 6.45) is 2.20. The minimum atomic E-state index is -1.31. The van der Waals surface area contributed by atoms with Gasteiger partial charge in [0.1, 0.15) is 36.3 Å². The van der Waals surface area contributed by atoms with E-state index in [2.05, 4.69) is 37.2 Å². The van der Waals surface area contributed by atoms with Crippen LogP contribution in [0.15, 0.2) is 60.7 Å². The molecule has 60 heavy (non-hydrogen) atoms. The average molecular weight is 852 g/mol. The van der Waals surface area contributed by atoms with Gasteiger partial charge in [-0.15, -0.1) is 0 Å². The largest absolute Gasteiger partial charge is 0.370 e. The number of thioether (sulfide) groups is 1. The third-order valence-corrected chi connectivity index (χ3v) is 10.2. The molecule has 0 saturated carbocycles. The van der Waals surface area contributed by atoms with Gasteiger partial charge in [0.25, 0.3) is 0 Å². The molecular formula is C41H57N9O9S. The van der Waals surface area contributed by atoms with Crippen molar-refractivity contribution in [3.05, 3.63) is 71.8 Å². The summed E-state index contributed by atoms with van der Waals surface area (Å²) in [5, 5.41) is 18.2. The molecule has 2 aromatic rings. The second-order valence-electron chi connectivity index (χ2n) is 14.9. The summed E-state index contributed by atoms with van der Waals surface area (Å²) in [5.41, 5.74) is 12.2. The second-order valence-corrected chi connectivity index (χ2v) is 15.9. The topological polar surface area (TPSA) is 290 Å². The Morgan fingerprint density at radius 1 is 0.700 bits per heavy atom. The third-order valence-electron chi connectivity index (χ3n) is 9.51. The lowest BCUT2D eigenvalue weighted by Crippen LogP contribution is -2.59. The Labute approximate surface area is 353 Å². The first-order valence-electron chi connectivity index (χ1n) is 19.8. The number of nitrogens with two attached hydrogens (primary N) is 2. The molecule has 0 bridgehead atoms. The van der Waals surface area contributed by atoms with E-state index >= 15 is 0 Å². The van der Waals surface area contributed by atoms with Gasteiger partial charge in [-0.25, -0.2) is 0 Å². The molecule has 0 unspecified atom stereocenters. The van der Waals surface area contributed by atoms with Crippen molar-refractivity contribution in [1.29, 1.82) is 0 Å². The van der Waals surface area contributed by atoms with Crippen LogP contribution in [0.2, 0.25) is 0 Å². The molecule has 0 spiro atoms. The Balaban J connectivity index is 1.81. The van der Waals surface area contributed by atoms with E-state index < -0.39 is 90.1 Å². The smallest absolute Gasteiger partial charge is 0.243 e. The Bertz CT molecular complexity index is 1820. The van der Waals surface area contributed by atoms with Crippen LogP contribution in [0.1, 0.15) is 63.5 Å². The number of primary amides is 2. The van der Waals surface area contributed by atoms with Crippen molar-refractivity contribution in [1.82, 2.24) is 37.2 Å². The molecule has 0 radical (unpaired) electrons. The van der Waals surface area contributed by atoms with Crippen LogP contribution in [-0.4, -0.2) is 108 Å². The van der Waals surface area contributed by atoms with Gasteiger partial charge in [0.15, 0.2) is 0 Å². The monoisotopic (exact) mass is 851 g/mol. The fraction of sp³-hybridized carbons (Fsp3) is 0.488. The summed E-state index contributed by atoms with van der Waals surface area (Å²) in [6, 6.07) is 10.8. The lowest BCUT2D eigenvalue weighted by Gasteiger charge is -2.26. The lowest BCUT2D eigenvalue weighted by molar-refractivity contribution is -0.134. The van der Waals surface area contributed by atoms with Crippen molar-refractivity contribution in [2.75, 3.05) is 18.6 Å². The van der Waals surface area contributed by atoms with Crippen LogP contribution in [0.3, 0.4) is 0 Å². The van der Waals surface area contributed by atoms with Gasteiger partial charge in [0.05, 0.1) is 6.54 Å². The van der Waals surface area contributed by atoms with Crippen molar-refractivity contribution < 1.29 is 43.2 Å². The number of nitrogens with one attached hydrogen (secondary N) is 7. The van der Waals surface area contributed by atoms with Crippen LogP contribution >= 0.6 is 11.8 Å². The van der Waals surface area contributed by atoms with Crippen LogP contribution in [0.25, 0.3) is 0 Å². The standard InChI is InChI=1S/C41H57N9O9S/c1-24(2)20-30(40(58)47-27(36(43)54)18-19-60-3)46-35(53)23-44-37(55)31(21-25-10-6-4-7-11-25)49-41(59)32(22-26-12-8-5-9-13-26)50-39(57)29(14-16-33(42)51)48-38(56)28-15-17-34(52)45-28/h4-13,24,27-32H,14-23H2,1-3H3,(H2,42,51)(H2,43,54)(H,44,55)(H,45,52)(H,46,53)(H,47,58)(H,48,56)(H,49,59)(H,50,57)/t27-,28+,29+,30-,31-,32-/m0/s1. The summed E-state index contributed by atoms with van der Waals surface area (Å²) in [4.78, 5) is 117. The summed E-state index contributed by atoms with van der Waals surface area (Å²) in [7, 11) is 0. The van der Waals surface area contributed by atoms with Crippen LogP contribution in [-0.2, 0) is 56.0 Å². The van der Waals surface area contributed by atoms with Gasteiger partial charge in [0, 0.05) is 25.7 Å². The number of carbonyl (C=O) groups is 9. The highest BCUT2D eigenvalue weighted by atomic mass is 32.2. The van der Waals surface area contributed by atoms with Gasteiger partial charge in [0.2, 0.25) is 53.2 Å². The molecule has 11 N–H and O–H groups in total. The maximum atomic E-state index is 14.1. The van der Waals surface area contributed by atoms with E-state index in [0.29, 0.717) is 23.3 Å². The summed E-state index contributed by atoms with van der Waals surface area (Å²) < 4.78 is 0. The van der Waals surface area contributed by atoms with E-state index in [0.717, 1.165) is 0 Å². The Kier molecular flexibility index (Phi) is 20.0. The van der Waals surface area contributed by atoms with E-state index in [-0.39, 0.29) is 56.8 Å². The Morgan fingerprint density at radius 3 is 1.73 bits per heavy atom. The Morgan fingerprint density at radius 2 is 1.23 bits per heavy atom. The van der Waals surface area contributed by atoms with Crippen molar-refractivity contribution in [3.8, 4) is 0 Å². The molecule has 0 aliphatic carbocycles. The van der Waals surface area contributed by atoms with Gasteiger partial charge in [-0.1, -0.05) is 74.5 Å². The summed E-state index contributed by atoms with van der Waals surface area (Å²) in [6.45, 7) is 3.14. The minimum absolute atomic E-state index is 0.0145. The van der Waals surface area contributed by atoms with Gasteiger partial charge < -0.3 is 48.7 Å². The van der Waals surface area contributed by atoms with E-state index in [9.17, 15) is 43.2 Å². The van der Waals surface area contributed by atoms with Gasteiger partial charge in [-0.2, -0.15) is 11.8 Å². The molecule has 6 atom stereocenters. The highest BCUT2D eigenvalue weighted by Crippen LogP contribution is 2.11. The molecule has 9 amide bonds. The van der Waals surface area contributed by atoms with Crippen LogP contribution in [0, 0.1) is 5.92 Å². The molecule has 18 nitrogen and oxygen atoms in total. The zero-order valence-electron chi connectivity index (χ0n) is 34.1. The number of hydrogen-bond acceptors (Lipinski definition) is 10. The highest BCUT2D eigenvalue weighted by Gasteiger charge is 2.34. The van der Waals surface area contributed by atoms with Crippen molar-refractivity contribution in [2.45, 2.75) is 101 Å². The first-order chi connectivity index (χ1) is 28.6. The fourth-order valence-corrected chi connectivity index (χ4v) is 6.81. The van der Waals surface area contributed by atoms with Gasteiger partial charge in [-0.05, 0) is 54.7 Å². The van der Waals surface area contributed by atoms with Crippen LogP contribution in [0.4, 0.5) is 0 Å². The van der Waals surface area contributed by atoms with E-state index in [1.807, 2.05) is 20.1 Å². The highest BCUT2D eigenvalue weighted by molar-refractivity contribution is 7.98.